The van der Waals surface area contributed by atoms with Crippen molar-refractivity contribution in [3.63, 3.8) is 0 Å². The number of aryl methyl sites for hydroxylation is 2. The van der Waals surface area contributed by atoms with E-state index in [-0.39, 0.29) is 0 Å². The molecule has 1 aromatic carbocycles. The molecule has 1 heterocycles. The van der Waals surface area contributed by atoms with Crippen molar-refractivity contribution in [2.24, 2.45) is 0 Å². The molecule has 0 aliphatic heterocycles. The quantitative estimate of drug-likeness (QED) is 0.643. The van der Waals surface area contributed by atoms with Gasteiger partial charge in [0.15, 0.2) is 0 Å². The first kappa shape index (κ1) is 8.05. The highest BCUT2D eigenvalue weighted by atomic mass is 15.3. The summed E-state index contributed by atoms with van der Waals surface area (Å²) in [7, 11) is 0. The van der Waals surface area contributed by atoms with Crippen LogP contribution in [-0.4, -0.2) is 9.78 Å². The van der Waals surface area contributed by atoms with E-state index >= 15 is 0 Å². The molecule has 0 bridgehead atoms. The summed E-state index contributed by atoms with van der Waals surface area (Å²) in [6.07, 6.45) is 4.68. The molecule has 0 amide bonds. The van der Waals surface area contributed by atoms with Gasteiger partial charge < -0.3 is 0 Å². The molecule has 0 saturated heterocycles. The number of hydrogen-bond donors (Lipinski definition) is 0. The van der Waals surface area contributed by atoms with E-state index in [1.54, 1.807) is 6.07 Å². The van der Waals surface area contributed by atoms with Gasteiger partial charge in [0.05, 0.1) is 5.69 Å². The minimum Gasteiger partial charge on any atom is -0.240 e. The molecular formula is C11H11N2. The van der Waals surface area contributed by atoms with Crippen molar-refractivity contribution >= 4 is 0 Å². The van der Waals surface area contributed by atoms with Crippen molar-refractivity contribution < 1.29 is 0 Å². The van der Waals surface area contributed by atoms with Crippen LogP contribution in [0.5, 0.6) is 0 Å². The van der Waals surface area contributed by atoms with E-state index in [0.29, 0.717) is 0 Å². The fourth-order valence-electron chi connectivity index (χ4n) is 1.43. The Balaban J connectivity index is 2.53. The zero-order valence-electron chi connectivity index (χ0n) is 7.78. The number of aromatic nitrogens is 2. The average Bonchev–Trinajstić information content (AvgIpc) is 2.56. The Kier molecular flexibility index (Phi) is 1.89. The molecule has 1 radical (unpaired) electrons. The standard InChI is InChI=1S/C11H11N2/c1-9-4-5-11(10(2)8-9)13-7-3-6-12-13/h3-5,7-8H,1-2H3. The summed E-state index contributed by atoms with van der Waals surface area (Å²) in [4.78, 5) is 0. The molecular weight excluding hydrogens is 160 g/mol. The van der Waals surface area contributed by atoms with Crippen LogP contribution in [0.15, 0.2) is 30.5 Å². The highest BCUT2D eigenvalue weighted by Crippen LogP contribution is 2.13. The van der Waals surface area contributed by atoms with Gasteiger partial charge in [-0.3, -0.25) is 0 Å². The lowest BCUT2D eigenvalue weighted by Crippen LogP contribution is -1.97. The van der Waals surface area contributed by atoms with Crippen LogP contribution in [0.3, 0.4) is 0 Å². The monoisotopic (exact) mass is 171 g/mol. The second-order valence-electron chi connectivity index (χ2n) is 3.18. The summed E-state index contributed by atoms with van der Waals surface area (Å²) >= 11 is 0. The molecule has 2 nitrogen and oxygen atoms in total. The van der Waals surface area contributed by atoms with Crippen LogP contribution in [0.4, 0.5) is 0 Å². The first-order chi connectivity index (χ1) is 6.27. The van der Waals surface area contributed by atoms with Gasteiger partial charge in [0.2, 0.25) is 0 Å². The van der Waals surface area contributed by atoms with Gasteiger partial charge >= 0.3 is 0 Å². The molecule has 0 aliphatic carbocycles. The third kappa shape index (κ3) is 1.47. The normalized spacial score (nSPS) is 10.3. The third-order valence-electron chi connectivity index (χ3n) is 2.05. The zero-order chi connectivity index (χ0) is 9.26. The van der Waals surface area contributed by atoms with Gasteiger partial charge in [-0.1, -0.05) is 17.7 Å². The van der Waals surface area contributed by atoms with Crippen LogP contribution in [0.25, 0.3) is 5.69 Å². The van der Waals surface area contributed by atoms with Crippen molar-refractivity contribution in [3.05, 3.63) is 47.8 Å². The smallest absolute Gasteiger partial charge is 0.113 e. The summed E-state index contributed by atoms with van der Waals surface area (Å²) in [6.45, 7) is 4.18. The predicted molar refractivity (Wildman–Crippen MR) is 51.9 cm³/mol. The molecule has 0 fully saturated rings. The van der Waals surface area contributed by atoms with Crippen molar-refractivity contribution in [1.82, 2.24) is 9.78 Å². The minimum atomic E-state index is 1.12. The maximum atomic E-state index is 4.07. The molecule has 65 valence electrons. The topological polar surface area (TPSA) is 17.8 Å². The Bertz CT molecular complexity index is 402. The van der Waals surface area contributed by atoms with Crippen LogP contribution in [0, 0.1) is 20.0 Å². The van der Waals surface area contributed by atoms with Crippen LogP contribution in [0.1, 0.15) is 11.1 Å². The van der Waals surface area contributed by atoms with E-state index in [1.165, 1.54) is 11.1 Å². The first-order valence-electron chi connectivity index (χ1n) is 4.27. The predicted octanol–water partition coefficient (Wildman–Crippen LogP) is 2.29. The van der Waals surface area contributed by atoms with Gasteiger partial charge in [-0.25, -0.2) is 4.68 Å². The summed E-state index contributed by atoms with van der Waals surface area (Å²) in [5.41, 5.74) is 3.63. The fraction of sp³-hybridized carbons (Fsp3) is 0.182. The van der Waals surface area contributed by atoms with Crippen molar-refractivity contribution in [2.75, 3.05) is 0 Å². The summed E-state index contributed by atoms with van der Waals surface area (Å²) in [5, 5.41) is 4.07. The van der Waals surface area contributed by atoms with Gasteiger partial charge in [-0.05, 0) is 31.5 Å². The highest BCUT2D eigenvalue weighted by molar-refractivity contribution is 5.41. The van der Waals surface area contributed by atoms with Gasteiger partial charge in [-0.15, -0.1) is 0 Å². The van der Waals surface area contributed by atoms with Gasteiger partial charge in [0, 0.05) is 6.20 Å². The van der Waals surface area contributed by atoms with Gasteiger partial charge in [0.1, 0.15) is 6.20 Å². The first-order valence-corrected chi connectivity index (χ1v) is 4.27. The molecule has 0 atom stereocenters. The lowest BCUT2D eigenvalue weighted by Gasteiger charge is -2.05. The number of nitrogens with zero attached hydrogens (tertiary/aromatic N) is 2. The lowest BCUT2D eigenvalue weighted by atomic mass is 10.1. The molecule has 2 aromatic rings. The Morgan fingerprint density at radius 2 is 2.15 bits per heavy atom. The van der Waals surface area contributed by atoms with E-state index in [2.05, 4.69) is 43.3 Å². The average molecular weight is 171 g/mol. The van der Waals surface area contributed by atoms with Crippen molar-refractivity contribution in [1.29, 1.82) is 0 Å². The molecule has 0 saturated carbocycles. The summed E-state index contributed by atoms with van der Waals surface area (Å²) < 4.78 is 1.83. The second kappa shape index (κ2) is 3.05. The molecule has 0 aliphatic rings. The highest BCUT2D eigenvalue weighted by Gasteiger charge is 1.99. The SMILES string of the molecule is Cc1ccc(-n2cc[c]n2)c(C)c1. The van der Waals surface area contributed by atoms with Gasteiger partial charge in [-0.2, -0.15) is 5.10 Å². The van der Waals surface area contributed by atoms with Crippen molar-refractivity contribution in [3.8, 4) is 5.69 Å². The van der Waals surface area contributed by atoms with E-state index < -0.39 is 0 Å². The maximum absolute atomic E-state index is 4.07. The van der Waals surface area contributed by atoms with E-state index in [9.17, 15) is 0 Å². The Morgan fingerprint density at radius 1 is 1.31 bits per heavy atom. The van der Waals surface area contributed by atoms with E-state index in [0.717, 1.165) is 5.69 Å². The van der Waals surface area contributed by atoms with Crippen LogP contribution in [-0.2, 0) is 0 Å². The number of hydrogen-bond acceptors (Lipinski definition) is 1. The Labute approximate surface area is 77.8 Å². The molecule has 2 heteroatoms. The molecule has 2 rings (SSSR count). The summed E-state index contributed by atoms with van der Waals surface area (Å²) in [5.74, 6) is 0. The third-order valence-corrected chi connectivity index (χ3v) is 2.05. The largest absolute Gasteiger partial charge is 0.240 e. The lowest BCUT2D eigenvalue weighted by molar-refractivity contribution is 0.869. The zero-order valence-corrected chi connectivity index (χ0v) is 7.78. The van der Waals surface area contributed by atoms with Crippen LogP contribution < -0.4 is 0 Å². The van der Waals surface area contributed by atoms with E-state index in [1.807, 2.05) is 10.9 Å². The Morgan fingerprint density at radius 3 is 2.77 bits per heavy atom. The van der Waals surface area contributed by atoms with Crippen LogP contribution >= 0.6 is 0 Å². The fourth-order valence-corrected chi connectivity index (χ4v) is 1.43. The van der Waals surface area contributed by atoms with E-state index in [4.69, 9.17) is 0 Å². The van der Waals surface area contributed by atoms with Gasteiger partial charge in [0.25, 0.3) is 0 Å². The summed E-state index contributed by atoms with van der Waals surface area (Å²) in [6, 6.07) is 8.12. The Hall–Kier alpha value is -1.57. The number of rotatable bonds is 1. The van der Waals surface area contributed by atoms with Crippen LogP contribution in [0.2, 0.25) is 0 Å². The second-order valence-corrected chi connectivity index (χ2v) is 3.18. The molecule has 0 N–H and O–H groups in total. The maximum Gasteiger partial charge on any atom is 0.113 e. The molecule has 13 heavy (non-hydrogen) atoms. The molecule has 0 spiro atoms. The molecule has 0 unspecified atom stereocenters. The minimum absolute atomic E-state index is 1.12. The molecule has 1 aromatic heterocycles. The number of benzene rings is 1. The van der Waals surface area contributed by atoms with Crippen molar-refractivity contribution in [2.45, 2.75) is 13.8 Å².